The van der Waals surface area contributed by atoms with Gasteiger partial charge in [0.2, 0.25) is 0 Å². The van der Waals surface area contributed by atoms with Crippen molar-refractivity contribution in [2.75, 3.05) is 11.4 Å². The van der Waals surface area contributed by atoms with Crippen LogP contribution in [-0.4, -0.2) is 11.5 Å². The Balaban J connectivity index is 2.30. The standard InChI is InChI=1S/C13H14N2O3/c1-2-14(9-11-7-8-18-10-11)12-5-3-4-6-13(12)15(16)17/h3-8,10H,2,9H2,1H3. The number of nitrogens with zero attached hydrogens (tertiary/aromatic N) is 2. The summed E-state index contributed by atoms with van der Waals surface area (Å²) in [5.41, 5.74) is 1.75. The molecule has 0 atom stereocenters. The fourth-order valence-corrected chi connectivity index (χ4v) is 1.86. The molecule has 0 amide bonds. The minimum absolute atomic E-state index is 0.128. The van der Waals surface area contributed by atoms with Gasteiger partial charge in [-0.15, -0.1) is 0 Å². The van der Waals surface area contributed by atoms with Crippen LogP contribution in [0, 0.1) is 10.1 Å². The molecule has 0 unspecified atom stereocenters. The molecule has 0 fully saturated rings. The van der Waals surface area contributed by atoms with Crippen molar-refractivity contribution in [3.05, 3.63) is 58.5 Å². The number of furan rings is 1. The molecule has 0 saturated heterocycles. The third-order valence-electron chi connectivity index (χ3n) is 2.75. The normalized spacial score (nSPS) is 10.3. The van der Waals surface area contributed by atoms with E-state index in [9.17, 15) is 10.1 Å². The molecule has 5 heteroatoms. The van der Waals surface area contributed by atoms with Gasteiger partial charge in [0.1, 0.15) is 5.69 Å². The summed E-state index contributed by atoms with van der Waals surface area (Å²) < 4.78 is 5.01. The molecule has 0 aliphatic heterocycles. The Morgan fingerprint density at radius 3 is 2.72 bits per heavy atom. The van der Waals surface area contributed by atoms with Crippen LogP contribution in [0.1, 0.15) is 12.5 Å². The maximum atomic E-state index is 11.0. The molecule has 1 aromatic carbocycles. The zero-order chi connectivity index (χ0) is 13.0. The molecule has 0 aliphatic carbocycles. The van der Waals surface area contributed by atoms with Crippen molar-refractivity contribution in [1.82, 2.24) is 0 Å². The molecule has 2 aromatic rings. The highest BCUT2D eigenvalue weighted by Crippen LogP contribution is 2.28. The maximum Gasteiger partial charge on any atom is 0.292 e. The third-order valence-corrected chi connectivity index (χ3v) is 2.75. The first kappa shape index (κ1) is 12.2. The molecule has 0 N–H and O–H groups in total. The second-order valence-corrected chi connectivity index (χ2v) is 3.89. The van der Waals surface area contributed by atoms with Gasteiger partial charge in [-0.1, -0.05) is 12.1 Å². The number of rotatable bonds is 5. The van der Waals surface area contributed by atoms with Crippen molar-refractivity contribution in [2.24, 2.45) is 0 Å². The minimum atomic E-state index is -0.354. The van der Waals surface area contributed by atoms with Gasteiger partial charge in [0.15, 0.2) is 0 Å². The minimum Gasteiger partial charge on any atom is -0.472 e. The fraction of sp³-hybridized carbons (Fsp3) is 0.231. The van der Waals surface area contributed by atoms with Crippen molar-refractivity contribution >= 4 is 11.4 Å². The lowest BCUT2D eigenvalue weighted by molar-refractivity contribution is -0.384. The van der Waals surface area contributed by atoms with Crippen LogP contribution in [0.15, 0.2) is 47.3 Å². The van der Waals surface area contributed by atoms with Gasteiger partial charge in [0, 0.05) is 24.7 Å². The van der Waals surface area contributed by atoms with Gasteiger partial charge in [-0.2, -0.15) is 0 Å². The summed E-state index contributed by atoms with van der Waals surface area (Å²) in [4.78, 5) is 12.6. The lowest BCUT2D eigenvalue weighted by Gasteiger charge is -2.21. The number of para-hydroxylation sites is 2. The van der Waals surface area contributed by atoms with Crippen LogP contribution < -0.4 is 4.90 Å². The van der Waals surface area contributed by atoms with E-state index in [-0.39, 0.29) is 10.6 Å². The molecule has 0 saturated carbocycles. The Kier molecular flexibility index (Phi) is 3.62. The zero-order valence-corrected chi connectivity index (χ0v) is 10.1. The monoisotopic (exact) mass is 246 g/mol. The first-order chi connectivity index (χ1) is 8.72. The van der Waals surface area contributed by atoms with Crippen LogP contribution in [0.5, 0.6) is 0 Å². The van der Waals surface area contributed by atoms with E-state index < -0.39 is 0 Å². The Hall–Kier alpha value is -2.30. The summed E-state index contributed by atoms with van der Waals surface area (Å²) in [7, 11) is 0. The number of nitro groups is 1. The lowest BCUT2D eigenvalue weighted by atomic mass is 10.2. The Labute approximate surface area is 105 Å². The van der Waals surface area contributed by atoms with Crippen molar-refractivity contribution in [2.45, 2.75) is 13.5 Å². The molecule has 2 rings (SSSR count). The lowest BCUT2D eigenvalue weighted by Crippen LogP contribution is -2.22. The van der Waals surface area contributed by atoms with Crippen molar-refractivity contribution < 1.29 is 9.34 Å². The average molecular weight is 246 g/mol. The van der Waals surface area contributed by atoms with Crippen LogP contribution in [0.2, 0.25) is 0 Å². The summed E-state index contributed by atoms with van der Waals surface area (Å²) in [5.74, 6) is 0. The second-order valence-electron chi connectivity index (χ2n) is 3.89. The zero-order valence-electron chi connectivity index (χ0n) is 10.1. The highest BCUT2D eigenvalue weighted by molar-refractivity contribution is 5.63. The summed E-state index contributed by atoms with van der Waals surface area (Å²) >= 11 is 0. The van der Waals surface area contributed by atoms with Gasteiger partial charge >= 0.3 is 0 Å². The molecular weight excluding hydrogens is 232 g/mol. The van der Waals surface area contributed by atoms with Gasteiger partial charge in [0.05, 0.1) is 17.4 Å². The molecule has 0 spiro atoms. The molecule has 1 heterocycles. The Bertz CT molecular complexity index is 523. The van der Waals surface area contributed by atoms with E-state index >= 15 is 0 Å². The number of hydrogen-bond acceptors (Lipinski definition) is 4. The number of nitro benzene ring substituents is 1. The molecule has 0 radical (unpaired) electrons. The quantitative estimate of drug-likeness (QED) is 0.600. The highest BCUT2D eigenvalue weighted by atomic mass is 16.6. The van der Waals surface area contributed by atoms with Crippen molar-refractivity contribution in [3.8, 4) is 0 Å². The predicted molar refractivity (Wildman–Crippen MR) is 68.5 cm³/mol. The smallest absolute Gasteiger partial charge is 0.292 e. The van der Waals surface area contributed by atoms with Gasteiger partial charge in [-0.3, -0.25) is 10.1 Å². The van der Waals surface area contributed by atoms with Crippen LogP contribution in [-0.2, 0) is 6.54 Å². The van der Waals surface area contributed by atoms with E-state index in [1.807, 2.05) is 17.9 Å². The molecule has 0 aliphatic rings. The van der Waals surface area contributed by atoms with E-state index in [4.69, 9.17) is 4.42 Å². The predicted octanol–water partition coefficient (Wildman–Crippen LogP) is 3.21. The Morgan fingerprint density at radius 1 is 1.33 bits per heavy atom. The van der Waals surface area contributed by atoms with E-state index in [0.29, 0.717) is 18.8 Å². The highest BCUT2D eigenvalue weighted by Gasteiger charge is 2.17. The van der Waals surface area contributed by atoms with Crippen molar-refractivity contribution in [1.29, 1.82) is 0 Å². The number of benzene rings is 1. The van der Waals surface area contributed by atoms with Crippen LogP contribution in [0.25, 0.3) is 0 Å². The van der Waals surface area contributed by atoms with Gasteiger partial charge < -0.3 is 9.32 Å². The van der Waals surface area contributed by atoms with Gasteiger partial charge in [0.25, 0.3) is 5.69 Å². The van der Waals surface area contributed by atoms with Gasteiger partial charge in [-0.05, 0) is 19.1 Å². The summed E-state index contributed by atoms with van der Waals surface area (Å²) in [6.07, 6.45) is 3.25. The van der Waals surface area contributed by atoms with Gasteiger partial charge in [-0.25, -0.2) is 0 Å². The van der Waals surface area contributed by atoms with Crippen LogP contribution in [0.4, 0.5) is 11.4 Å². The SMILES string of the molecule is CCN(Cc1ccoc1)c1ccccc1[N+](=O)[O-]. The molecule has 1 aromatic heterocycles. The fourth-order valence-electron chi connectivity index (χ4n) is 1.86. The number of anilines is 1. The third kappa shape index (κ3) is 2.51. The topological polar surface area (TPSA) is 59.5 Å². The average Bonchev–Trinajstić information content (AvgIpc) is 2.88. The van der Waals surface area contributed by atoms with Crippen molar-refractivity contribution in [3.63, 3.8) is 0 Å². The second kappa shape index (κ2) is 5.35. The molecular formula is C13H14N2O3. The molecule has 94 valence electrons. The van der Waals surface area contributed by atoms with E-state index in [1.54, 1.807) is 30.7 Å². The summed E-state index contributed by atoms with van der Waals surface area (Å²) in [6.45, 7) is 3.25. The van der Waals surface area contributed by atoms with Crippen LogP contribution in [0.3, 0.4) is 0 Å². The van der Waals surface area contributed by atoms with E-state index in [2.05, 4.69) is 0 Å². The van der Waals surface area contributed by atoms with Crippen LogP contribution >= 0.6 is 0 Å². The molecule has 5 nitrogen and oxygen atoms in total. The largest absolute Gasteiger partial charge is 0.472 e. The molecule has 0 bridgehead atoms. The first-order valence-electron chi connectivity index (χ1n) is 5.71. The number of hydrogen-bond donors (Lipinski definition) is 0. The van der Waals surface area contributed by atoms with E-state index in [0.717, 1.165) is 5.56 Å². The summed E-state index contributed by atoms with van der Waals surface area (Å²) in [6, 6.07) is 8.63. The summed E-state index contributed by atoms with van der Waals surface area (Å²) in [5, 5.41) is 11.0. The van der Waals surface area contributed by atoms with E-state index in [1.165, 1.54) is 6.07 Å². The maximum absolute atomic E-state index is 11.0. The molecule has 18 heavy (non-hydrogen) atoms. The Morgan fingerprint density at radius 2 is 2.11 bits per heavy atom. The first-order valence-corrected chi connectivity index (χ1v) is 5.71.